The summed E-state index contributed by atoms with van der Waals surface area (Å²) in [5.74, 6) is -1.89. The van der Waals surface area contributed by atoms with E-state index in [1.54, 1.807) is 0 Å². The molecule has 3 heterocycles. The van der Waals surface area contributed by atoms with Gasteiger partial charge in [-0.05, 0) is 0 Å². The van der Waals surface area contributed by atoms with Gasteiger partial charge in [-0.15, -0.1) is 31.2 Å². The first kappa shape index (κ1) is 16.1. The highest BCUT2D eigenvalue weighted by Gasteiger charge is 2.11. The van der Waals surface area contributed by atoms with E-state index in [-0.39, 0.29) is 23.5 Å². The minimum absolute atomic E-state index is 0.237. The standard InChI is InChI=1S/C6H2N14O6/c21-19(22)13-3-1(15-25-17-3)7-5-9-11-6(12-10-5)8-2-4(14-20(23)24)18-26-16-2/h(H2-2,7,8,9,10,11,12,13,14,15,16,17,18)/q-2. The van der Waals surface area contributed by atoms with Gasteiger partial charge in [0.2, 0.25) is 0 Å². The molecule has 20 heteroatoms. The summed E-state index contributed by atoms with van der Waals surface area (Å²) in [6.07, 6.45) is 0. The van der Waals surface area contributed by atoms with Gasteiger partial charge in [0.05, 0.1) is 21.7 Å². The Morgan fingerprint density at radius 1 is 0.731 bits per heavy atom. The Labute approximate surface area is 138 Å². The van der Waals surface area contributed by atoms with Crippen molar-refractivity contribution >= 4 is 35.2 Å². The fourth-order valence-corrected chi connectivity index (χ4v) is 1.35. The highest BCUT2D eigenvalue weighted by molar-refractivity contribution is 5.65. The van der Waals surface area contributed by atoms with E-state index in [0.717, 1.165) is 0 Å². The Bertz CT molecular complexity index is 843. The number of hydrogen-bond donors (Lipinski definition) is 2. The van der Waals surface area contributed by atoms with E-state index in [1.807, 2.05) is 0 Å². The van der Waals surface area contributed by atoms with Gasteiger partial charge in [-0.3, -0.25) is 20.2 Å². The van der Waals surface area contributed by atoms with Gasteiger partial charge < -0.3 is 19.9 Å². The molecule has 0 fully saturated rings. The molecule has 0 aliphatic heterocycles. The van der Waals surface area contributed by atoms with E-state index in [2.05, 4.69) is 71.8 Å². The highest BCUT2D eigenvalue weighted by Crippen LogP contribution is 2.27. The Hall–Kier alpha value is -4.78. The molecule has 0 atom stereocenters. The lowest BCUT2D eigenvalue weighted by Crippen LogP contribution is -2.06. The van der Waals surface area contributed by atoms with Crippen LogP contribution in [0.5, 0.6) is 0 Å². The zero-order valence-corrected chi connectivity index (χ0v) is 11.8. The van der Waals surface area contributed by atoms with Crippen molar-refractivity contribution in [1.82, 2.24) is 41.0 Å². The first-order valence-corrected chi connectivity index (χ1v) is 6.00. The minimum Gasteiger partial charge on any atom is -0.346 e. The summed E-state index contributed by atoms with van der Waals surface area (Å²) in [5.41, 5.74) is 5.82. The molecular weight excluding hydrogens is 364 g/mol. The summed E-state index contributed by atoms with van der Waals surface area (Å²) in [7, 11) is 0. The average molecular weight is 366 g/mol. The molecular formula is C6H2N14O6-2. The summed E-state index contributed by atoms with van der Waals surface area (Å²) in [4.78, 5) is 20.7. The summed E-state index contributed by atoms with van der Waals surface area (Å²) in [6, 6.07) is 0. The lowest BCUT2D eigenvalue weighted by Gasteiger charge is -2.05. The van der Waals surface area contributed by atoms with Gasteiger partial charge in [-0.2, -0.15) is 0 Å². The number of rotatable bonds is 8. The van der Waals surface area contributed by atoms with Crippen LogP contribution in [0.4, 0.5) is 35.2 Å². The largest absolute Gasteiger partial charge is 0.346 e. The van der Waals surface area contributed by atoms with Crippen LogP contribution < -0.4 is 10.6 Å². The van der Waals surface area contributed by atoms with E-state index < -0.39 is 21.7 Å². The van der Waals surface area contributed by atoms with Crippen molar-refractivity contribution in [2.45, 2.75) is 0 Å². The van der Waals surface area contributed by atoms with E-state index in [1.165, 1.54) is 0 Å². The van der Waals surface area contributed by atoms with Gasteiger partial charge in [0.1, 0.15) is 0 Å². The first-order chi connectivity index (χ1) is 12.5. The van der Waals surface area contributed by atoms with E-state index >= 15 is 0 Å². The molecule has 0 amide bonds. The predicted molar refractivity (Wildman–Crippen MR) is 72.8 cm³/mol. The van der Waals surface area contributed by atoms with Crippen molar-refractivity contribution in [3.8, 4) is 0 Å². The van der Waals surface area contributed by atoms with Crippen LogP contribution >= 0.6 is 0 Å². The quantitative estimate of drug-likeness (QED) is 0.389. The average Bonchev–Trinajstić information content (AvgIpc) is 3.18. The molecule has 0 aliphatic carbocycles. The topological polar surface area (TPSA) is 268 Å². The number of nitro groups is 2. The van der Waals surface area contributed by atoms with Gasteiger partial charge in [0.15, 0.2) is 11.6 Å². The maximum Gasteiger partial charge on any atom is 0.267 e. The molecule has 20 nitrogen and oxygen atoms in total. The van der Waals surface area contributed by atoms with Crippen LogP contribution in [-0.2, 0) is 0 Å². The second-order valence-electron chi connectivity index (χ2n) is 3.85. The molecule has 0 unspecified atom stereocenters. The van der Waals surface area contributed by atoms with Crippen molar-refractivity contribution in [3.05, 3.63) is 31.1 Å². The Morgan fingerprint density at radius 2 is 1.12 bits per heavy atom. The second-order valence-corrected chi connectivity index (χ2v) is 3.85. The maximum atomic E-state index is 10.3. The van der Waals surface area contributed by atoms with Crippen LogP contribution in [0.15, 0.2) is 9.26 Å². The monoisotopic (exact) mass is 366 g/mol. The maximum absolute atomic E-state index is 10.3. The summed E-state index contributed by atoms with van der Waals surface area (Å²) in [5, 5.41) is 50.8. The lowest BCUT2D eigenvalue weighted by molar-refractivity contribution is -0.419. The molecule has 0 aromatic carbocycles. The van der Waals surface area contributed by atoms with Crippen LogP contribution in [0, 0.1) is 20.2 Å². The van der Waals surface area contributed by atoms with Gasteiger partial charge in [0, 0.05) is 0 Å². The van der Waals surface area contributed by atoms with Crippen molar-refractivity contribution < 1.29 is 19.3 Å². The fraction of sp³-hybridized carbons (Fsp3) is 0. The molecule has 2 N–H and O–H groups in total. The van der Waals surface area contributed by atoms with E-state index in [0.29, 0.717) is 0 Å². The number of aromatic nitrogens is 8. The molecule has 26 heavy (non-hydrogen) atoms. The summed E-state index contributed by atoms with van der Waals surface area (Å²) in [6.45, 7) is 0. The molecule has 0 saturated carbocycles. The number of nitrogens with one attached hydrogen (secondary N) is 2. The van der Waals surface area contributed by atoms with Gasteiger partial charge in [-0.25, -0.2) is 10.3 Å². The minimum atomic E-state index is -1.01. The highest BCUT2D eigenvalue weighted by atomic mass is 16.7. The molecule has 0 aliphatic rings. The Kier molecular flexibility index (Phi) is 4.19. The van der Waals surface area contributed by atoms with Gasteiger partial charge >= 0.3 is 0 Å². The SMILES string of the molecule is O=[N+]([O-])[N-]c1nonc1Nc1nnc(Nc2nonc2[N-][N+](=O)[O-])nn1. The van der Waals surface area contributed by atoms with E-state index in [9.17, 15) is 20.2 Å². The van der Waals surface area contributed by atoms with Crippen molar-refractivity contribution in [2.24, 2.45) is 0 Å². The molecule has 0 spiro atoms. The number of nitrogens with zero attached hydrogens (tertiary/aromatic N) is 12. The van der Waals surface area contributed by atoms with E-state index in [4.69, 9.17) is 0 Å². The molecule has 3 aromatic heterocycles. The molecule has 0 bridgehead atoms. The van der Waals surface area contributed by atoms with Crippen LogP contribution in [0.1, 0.15) is 0 Å². The third-order valence-corrected chi connectivity index (χ3v) is 2.23. The molecule has 134 valence electrons. The van der Waals surface area contributed by atoms with Gasteiger partial charge in [-0.1, -0.05) is 10.3 Å². The third kappa shape index (κ3) is 3.76. The molecule has 0 radical (unpaired) electrons. The normalized spacial score (nSPS) is 10.2. The van der Waals surface area contributed by atoms with Crippen LogP contribution in [0.25, 0.3) is 10.9 Å². The summed E-state index contributed by atoms with van der Waals surface area (Å²) < 4.78 is 8.59. The smallest absolute Gasteiger partial charge is 0.267 e. The number of anilines is 4. The third-order valence-electron chi connectivity index (χ3n) is 2.23. The second kappa shape index (κ2) is 6.77. The summed E-state index contributed by atoms with van der Waals surface area (Å²) >= 11 is 0. The molecule has 3 rings (SSSR count). The first-order valence-electron chi connectivity index (χ1n) is 6.00. The fourth-order valence-electron chi connectivity index (χ4n) is 1.35. The Balaban J connectivity index is 1.68. The molecule has 3 aromatic rings. The van der Waals surface area contributed by atoms with Gasteiger partial charge in [0.25, 0.3) is 11.9 Å². The van der Waals surface area contributed by atoms with Crippen LogP contribution in [0.3, 0.4) is 0 Å². The molecule has 0 saturated heterocycles. The van der Waals surface area contributed by atoms with Crippen molar-refractivity contribution in [2.75, 3.05) is 10.6 Å². The van der Waals surface area contributed by atoms with Crippen LogP contribution in [0.2, 0.25) is 0 Å². The zero-order valence-electron chi connectivity index (χ0n) is 11.8. The Morgan fingerprint density at radius 3 is 1.46 bits per heavy atom. The number of hydrogen-bond acceptors (Lipinski definition) is 16. The predicted octanol–water partition coefficient (Wildman–Crippen LogP) is -0.0864. The van der Waals surface area contributed by atoms with Crippen molar-refractivity contribution in [3.63, 3.8) is 0 Å². The zero-order chi connectivity index (χ0) is 18.5. The lowest BCUT2D eigenvalue weighted by atomic mass is 10.6. The van der Waals surface area contributed by atoms with Crippen LogP contribution in [-0.4, -0.2) is 51.1 Å². The van der Waals surface area contributed by atoms with Crippen molar-refractivity contribution in [1.29, 1.82) is 0 Å².